The van der Waals surface area contributed by atoms with Crippen molar-refractivity contribution in [2.45, 2.75) is 58.0 Å². The number of likely N-dealkylation sites (tertiary alicyclic amines) is 1. The summed E-state index contributed by atoms with van der Waals surface area (Å²) in [6.45, 7) is 10.3. The molecule has 0 spiro atoms. The number of hydrogen-bond donors (Lipinski definition) is 1. The van der Waals surface area contributed by atoms with E-state index in [2.05, 4.69) is 31.0 Å². The van der Waals surface area contributed by atoms with Crippen LogP contribution in [0.1, 0.15) is 46.5 Å². The molecule has 2 unspecified atom stereocenters. The zero-order valence-electron chi connectivity index (χ0n) is 12.0. The van der Waals surface area contributed by atoms with E-state index in [1.165, 1.54) is 38.8 Å². The largest absolute Gasteiger partial charge is 0.359 e. The molecule has 0 aromatic heterocycles. The molecule has 0 amide bonds. The quantitative estimate of drug-likeness (QED) is 0.850. The highest BCUT2D eigenvalue weighted by molar-refractivity contribution is 8.14. The van der Waals surface area contributed by atoms with Crippen molar-refractivity contribution >= 4 is 16.9 Å². The summed E-state index contributed by atoms with van der Waals surface area (Å²) in [6, 6.07) is 0.591. The third kappa shape index (κ3) is 3.64. The normalized spacial score (nSPS) is 33.6. The maximum atomic E-state index is 4.77. The van der Waals surface area contributed by atoms with Crippen molar-refractivity contribution in [1.82, 2.24) is 10.2 Å². The van der Waals surface area contributed by atoms with Crippen molar-refractivity contribution < 1.29 is 0 Å². The van der Waals surface area contributed by atoms with Gasteiger partial charge in [-0.15, -0.1) is 0 Å². The van der Waals surface area contributed by atoms with Gasteiger partial charge >= 0.3 is 0 Å². The van der Waals surface area contributed by atoms with Gasteiger partial charge in [-0.2, -0.15) is 0 Å². The first-order chi connectivity index (χ1) is 8.63. The Balaban J connectivity index is 1.80. The molecule has 2 aliphatic heterocycles. The van der Waals surface area contributed by atoms with Crippen LogP contribution in [0.5, 0.6) is 0 Å². The third-order valence-corrected chi connectivity index (χ3v) is 5.52. The molecule has 2 aliphatic rings. The second-order valence-electron chi connectivity index (χ2n) is 5.92. The van der Waals surface area contributed by atoms with Crippen molar-refractivity contribution in [3.8, 4) is 0 Å². The Morgan fingerprint density at radius 2 is 2.11 bits per heavy atom. The van der Waals surface area contributed by atoms with Gasteiger partial charge in [-0.05, 0) is 46.2 Å². The number of amidine groups is 1. The molecule has 0 saturated carbocycles. The van der Waals surface area contributed by atoms with Crippen LogP contribution in [-0.4, -0.2) is 47.0 Å². The molecular weight excluding hydrogens is 242 g/mol. The second-order valence-corrected chi connectivity index (χ2v) is 6.88. The molecule has 2 saturated heterocycles. The van der Waals surface area contributed by atoms with Crippen LogP contribution in [0.25, 0.3) is 0 Å². The fourth-order valence-corrected chi connectivity index (χ4v) is 3.74. The molecule has 104 valence electrons. The number of thioether (sulfide) groups is 1. The lowest BCUT2D eigenvalue weighted by Crippen LogP contribution is -2.41. The van der Waals surface area contributed by atoms with Crippen LogP contribution < -0.4 is 5.32 Å². The predicted octanol–water partition coefficient (Wildman–Crippen LogP) is 2.72. The lowest BCUT2D eigenvalue weighted by molar-refractivity contribution is 0.178. The highest BCUT2D eigenvalue weighted by atomic mass is 32.2. The highest BCUT2D eigenvalue weighted by Gasteiger charge is 2.30. The molecule has 0 bridgehead atoms. The van der Waals surface area contributed by atoms with E-state index in [1.54, 1.807) is 0 Å². The second kappa shape index (κ2) is 6.29. The predicted molar refractivity (Wildman–Crippen MR) is 81.5 cm³/mol. The Bertz CT molecular complexity index is 299. The zero-order chi connectivity index (χ0) is 13.0. The monoisotopic (exact) mass is 269 g/mol. The maximum Gasteiger partial charge on any atom is 0.157 e. The Morgan fingerprint density at radius 1 is 1.39 bits per heavy atom. The van der Waals surface area contributed by atoms with Crippen LogP contribution in [-0.2, 0) is 0 Å². The molecule has 0 radical (unpaired) electrons. The van der Waals surface area contributed by atoms with Crippen molar-refractivity contribution in [2.24, 2.45) is 4.99 Å². The van der Waals surface area contributed by atoms with E-state index in [0.29, 0.717) is 6.04 Å². The van der Waals surface area contributed by atoms with Gasteiger partial charge in [0.15, 0.2) is 5.17 Å². The number of rotatable bonds is 4. The molecule has 2 heterocycles. The van der Waals surface area contributed by atoms with Crippen molar-refractivity contribution in [3.05, 3.63) is 0 Å². The summed E-state index contributed by atoms with van der Waals surface area (Å²) in [5, 5.41) is 4.73. The standard InChI is InChI=1S/C14H27N3S/c1-4-14(3)11-18-13(16-14)15-10-12(2)17-8-6-5-7-9-17/h12H,4-11H2,1-3H3,(H,15,16). The third-order valence-electron chi connectivity index (χ3n) is 4.23. The molecule has 1 N–H and O–H groups in total. The van der Waals surface area contributed by atoms with E-state index in [1.807, 2.05) is 11.8 Å². The van der Waals surface area contributed by atoms with Gasteiger partial charge in [0, 0.05) is 17.3 Å². The molecule has 2 fully saturated rings. The molecule has 2 atom stereocenters. The zero-order valence-corrected chi connectivity index (χ0v) is 12.9. The van der Waals surface area contributed by atoms with E-state index in [9.17, 15) is 0 Å². The van der Waals surface area contributed by atoms with E-state index in [4.69, 9.17) is 4.99 Å². The first-order valence-corrected chi connectivity index (χ1v) is 8.31. The fraction of sp³-hybridized carbons (Fsp3) is 0.929. The van der Waals surface area contributed by atoms with Gasteiger partial charge in [-0.3, -0.25) is 9.89 Å². The number of nitrogens with one attached hydrogen (secondary N) is 1. The molecule has 4 heteroatoms. The molecule has 18 heavy (non-hydrogen) atoms. The highest BCUT2D eigenvalue weighted by Crippen LogP contribution is 2.25. The summed E-state index contributed by atoms with van der Waals surface area (Å²) in [5.74, 6) is 1.15. The number of hydrogen-bond acceptors (Lipinski definition) is 3. The summed E-state index contributed by atoms with van der Waals surface area (Å²) >= 11 is 1.88. The SMILES string of the molecule is CCC1(C)CSC(=NCC(C)N2CCCCC2)N1. The molecule has 0 aromatic carbocycles. The summed E-state index contributed by atoms with van der Waals surface area (Å²) in [4.78, 5) is 7.36. The van der Waals surface area contributed by atoms with Crippen molar-refractivity contribution in [1.29, 1.82) is 0 Å². The first-order valence-electron chi connectivity index (χ1n) is 7.32. The summed E-state index contributed by atoms with van der Waals surface area (Å²) < 4.78 is 0. The van der Waals surface area contributed by atoms with Crippen molar-refractivity contribution in [3.63, 3.8) is 0 Å². The summed E-state index contributed by atoms with van der Waals surface area (Å²) in [7, 11) is 0. The molecular formula is C14H27N3S. The van der Waals surface area contributed by atoms with E-state index in [0.717, 1.165) is 17.5 Å². The Labute approximate surface area is 116 Å². The van der Waals surface area contributed by atoms with Gasteiger partial charge in [0.2, 0.25) is 0 Å². The minimum absolute atomic E-state index is 0.262. The number of nitrogens with zero attached hydrogens (tertiary/aromatic N) is 2. The van der Waals surface area contributed by atoms with E-state index >= 15 is 0 Å². The number of piperidine rings is 1. The average Bonchev–Trinajstić information content (AvgIpc) is 2.80. The Hall–Kier alpha value is -0.220. The summed E-state index contributed by atoms with van der Waals surface area (Å²) in [5.41, 5.74) is 0.262. The minimum Gasteiger partial charge on any atom is -0.359 e. The van der Waals surface area contributed by atoms with Gasteiger partial charge < -0.3 is 5.32 Å². The van der Waals surface area contributed by atoms with Gasteiger partial charge in [0.1, 0.15) is 0 Å². The molecule has 0 aliphatic carbocycles. The lowest BCUT2D eigenvalue weighted by atomic mass is 10.0. The Kier molecular flexibility index (Phi) is 4.96. The van der Waals surface area contributed by atoms with Crippen LogP contribution in [0, 0.1) is 0 Å². The lowest BCUT2D eigenvalue weighted by Gasteiger charge is -2.31. The van der Waals surface area contributed by atoms with E-state index < -0.39 is 0 Å². The van der Waals surface area contributed by atoms with Gasteiger partial charge in [-0.1, -0.05) is 25.1 Å². The first kappa shape index (κ1) is 14.2. The van der Waals surface area contributed by atoms with E-state index in [-0.39, 0.29) is 5.54 Å². The number of aliphatic imine (C=N–C) groups is 1. The molecule has 3 nitrogen and oxygen atoms in total. The van der Waals surface area contributed by atoms with Crippen LogP contribution in [0.4, 0.5) is 0 Å². The molecule has 0 aromatic rings. The van der Waals surface area contributed by atoms with Crippen LogP contribution in [0.3, 0.4) is 0 Å². The van der Waals surface area contributed by atoms with Gasteiger partial charge in [0.05, 0.1) is 6.54 Å². The van der Waals surface area contributed by atoms with Crippen molar-refractivity contribution in [2.75, 3.05) is 25.4 Å². The van der Waals surface area contributed by atoms with Gasteiger partial charge in [-0.25, -0.2) is 0 Å². The minimum atomic E-state index is 0.262. The fourth-order valence-electron chi connectivity index (χ4n) is 2.52. The average molecular weight is 269 g/mol. The smallest absolute Gasteiger partial charge is 0.157 e. The van der Waals surface area contributed by atoms with Crippen LogP contribution in [0.2, 0.25) is 0 Å². The van der Waals surface area contributed by atoms with Gasteiger partial charge in [0.25, 0.3) is 0 Å². The molecule has 2 rings (SSSR count). The van der Waals surface area contributed by atoms with Crippen LogP contribution >= 0.6 is 11.8 Å². The maximum absolute atomic E-state index is 4.77. The topological polar surface area (TPSA) is 27.6 Å². The summed E-state index contributed by atoms with van der Waals surface area (Å²) in [6.07, 6.45) is 5.30. The Morgan fingerprint density at radius 3 is 2.72 bits per heavy atom. The van der Waals surface area contributed by atoms with Crippen LogP contribution in [0.15, 0.2) is 4.99 Å².